The maximum atomic E-state index is 12.6. The van der Waals surface area contributed by atoms with Crippen molar-refractivity contribution in [3.63, 3.8) is 0 Å². The van der Waals surface area contributed by atoms with E-state index in [1.54, 1.807) is 12.1 Å². The van der Waals surface area contributed by atoms with Gasteiger partial charge in [0.15, 0.2) is 0 Å². The van der Waals surface area contributed by atoms with Gasteiger partial charge in [-0.1, -0.05) is 26.0 Å². The normalized spacial score (nSPS) is 12.5. The first-order valence-electron chi connectivity index (χ1n) is 4.77. The van der Waals surface area contributed by atoms with Crippen LogP contribution < -0.4 is 0 Å². The second-order valence-electron chi connectivity index (χ2n) is 3.81. The molecule has 0 amide bonds. The van der Waals surface area contributed by atoms with Gasteiger partial charge in [-0.2, -0.15) is 5.26 Å². The fraction of sp³-hybridized carbons (Fsp3) is 0.417. The van der Waals surface area contributed by atoms with Crippen molar-refractivity contribution in [3.8, 4) is 6.07 Å². The lowest BCUT2D eigenvalue weighted by atomic mass is 9.91. The Kier molecular flexibility index (Phi) is 3.64. The molecule has 0 aliphatic carbocycles. The quantitative estimate of drug-likeness (QED) is 0.720. The molecule has 1 unspecified atom stereocenters. The van der Waals surface area contributed by atoms with Crippen LogP contribution >= 0.6 is 0 Å². The monoisotopic (exact) mass is 191 g/mol. The predicted molar refractivity (Wildman–Crippen MR) is 54.0 cm³/mol. The summed E-state index contributed by atoms with van der Waals surface area (Å²) in [4.78, 5) is 0. The smallest absolute Gasteiger partial charge is 0.123 e. The fourth-order valence-corrected chi connectivity index (χ4v) is 1.30. The largest absolute Gasteiger partial charge is 0.207 e. The summed E-state index contributed by atoms with van der Waals surface area (Å²) in [5.74, 6) is 0.123. The molecule has 0 fully saturated rings. The average molecular weight is 191 g/mol. The Balaban J connectivity index is 2.69. The summed E-state index contributed by atoms with van der Waals surface area (Å²) in [5.41, 5.74) is 1.02. The Hall–Kier alpha value is -1.36. The summed E-state index contributed by atoms with van der Waals surface area (Å²) in [7, 11) is 0. The Labute approximate surface area is 84.2 Å². The lowest BCUT2D eigenvalue weighted by molar-refractivity contribution is 0.473. The minimum absolute atomic E-state index is 0.0143. The maximum Gasteiger partial charge on any atom is 0.123 e. The van der Waals surface area contributed by atoms with Crippen LogP contribution in [0.2, 0.25) is 0 Å². The number of nitriles is 1. The predicted octanol–water partition coefficient (Wildman–Crippen LogP) is 3.16. The third-order valence-corrected chi connectivity index (χ3v) is 2.34. The fourth-order valence-electron chi connectivity index (χ4n) is 1.30. The molecule has 0 saturated heterocycles. The van der Waals surface area contributed by atoms with E-state index in [-0.39, 0.29) is 11.7 Å². The molecular weight excluding hydrogens is 177 g/mol. The third kappa shape index (κ3) is 2.85. The molecule has 0 radical (unpaired) electrons. The highest BCUT2D eigenvalue weighted by Gasteiger charge is 2.12. The third-order valence-electron chi connectivity index (χ3n) is 2.34. The van der Waals surface area contributed by atoms with Crippen molar-refractivity contribution in [2.75, 3.05) is 0 Å². The van der Waals surface area contributed by atoms with E-state index in [0.29, 0.717) is 12.3 Å². The van der Waals surface area contributed by atoms with Gasteiger partial charge in [0.05, 0.1) is 12.0 Å². The lowest BCUT2D eigenvalue weighted by Gasteiger charge is -2.12. The van der Waals surface area contributed by atoms with Crippen LogP contribution in [0.3, 0.4) is 0 Å². The van der Waals surface area contributed by atoms with Gasteiger partial charge in [-0.3, -0.25) is 0 Å². The van der Waals surface area contributed by atoms with Gasteiger partial charge in [-0.05, 0) is 30.0 Å². The number of rotatable bonds is 3. The second-order valence-corrected chi connectivity index (χ2v) is 3.81. The van der Waals surface area contributed by atoms with E-state index in [4.69, 9.17) is 5.26 Å². The molecule has 0 heterocycles. The molecule has 0 aliphatic rings. The number of hydrogen-bond donors (Lipinski definition) is 0. The van der Waals surface area contributed by atoms with Crippen LogP contribution in [-0.2, 0) is 6.42 Å². The molecule has 2 heteroatoms. The molecule has 1 aromatic rings. The molecule has 14 heavy (non-hydrogen) atoms. The number of benzene rings is 1. The van der Waals surface area contributed by atoms with Crippen LogP contribution in [-0.4, -0.2) is 0 Å². The number of nitrogens with zero attached hydrogens (tertiary/aromatic N) is 1. The van der Waals surface area contributed by atoms with Gasteiger partial charge in [0.1, 0.15) is 5.82 Å². The molecule has 74 valence electrons. The van der Waals surface area contributed by atoms with Crippen LogP contribution in [0.4, 0.5) is 4.39 Å². The van der Waals surface area contributed by atoms with E-state index in [9.17, 15) is 4.39 Å². The molecule has 0 aliphatic heterocycles. The van der Waals surface area contributed by atoms with Gasteiger partial charge in [0.2, 0.25) is 0 Å². The summed E-state index contributed by atoms with van der Waals surface area (Å²) in [6.07, 6.45) is 0.703. The van der Waals surface area contributed by atoms with Crippen LogP contribution in [0.25, 0.3) is 0 Å². The van der Waals surface area contributed by atoms with Gasteiger partial charge in [0.25, 0.3) is 0 Å². The molecule has 0 aromatic heterocycles. The number of halogens is 1. The second kappa shape index (κ2) is 4.76. The van der Waals surface area contributed by atoms with E-state index >= 15 is 0 Å². The number of hydrogen-bond acceptors (Lipinski definition) is 1. The van der Waals surface area contributed by atoms with Crippen molar-refractivity contribution in [3.05, 3.63) is 35.6 Å². The zero-order valence-corrected chi connectivity index (χ0v) is 8.50. The van der Waals surface area contributed by atoms with Crippen molar-refractivity contribution in [1.29, 1.82) is 5.26 Å². The molecule has 0 saturated carbocycles. The van der Waals surface area contributed by atoms with Gasteiger partial charge in [-0.15, -0.1) is 0 Å². The Morgan fingerprint density at radius 3 is 2.29 bits per heavy atom. The first kappa shape index (κ1) is 10.7. The van der Waals surface area contributed by atoms with E-state index in [2.05, 4.69) is 6.07 Å². The first-order valence-corrected chi connectivity index (χ1v) is 4.77. The molecule has 1 atom stereocenters. The summed E-state index contributed by atoms with van der Waals surface area (Å²) in [5, 5.41) is 8.89. The van der Waals surface area contributed by atoms with Crippen LogP contribution in [0, 0.1) is 29.0 Å². The zero-order valence-electron chi connectivity index (χ0n) is 8.50. The molecule has 0 spiro atoms. The van der Waals surface area contributed by atoms with Crippen molar-refractivity contribution in [1.82, 2.24) is 0 Å². The van der Waals surface area contributed by atoms with Crippen molar-refractivity contribution < 1.29 is 4.39 Å². The first-order chi connectivity index (χ1) is 6.63. The summed E-state index contributed by atoms with van der Waals surface area (Å²) >= 11 is 0. The molecule has 1 nitrogen and oxygen atoms in total. The van der Waals surface area contributed by atoms with E-state index in [1.165, 1.54) is 12.1 Å². The minimum atomic E-state index is -0.230. The van der Waals surface area contributed by atoms with Crippen LogP contribution in [0.5, 0.6) is 0 Å². The molecule has 1 aromatic carbocycles. The molecule has 0 N–H and O–H groups in total. The molecular formula is C12H14FN. The van der Waals surface area contributed by atoms with Gasteiger partial charge >= 0.3 is 0 Å². The maximum absolute atomic E-state index is 12.6. The minimum Gasteiger partial charge on any atom is -0.207 e. The highest BCUT2D eigenvalue weighted by atomic mass is 19.1. The van der Waals surface area contributed by atoms with E-state index in [0.717, 1.165) is 5.56 Å². The Morgan fingerprint density at radius 2 is 1.86 bits per heavy atom. The highest BCUT2D eigenvalue weighted by Crippen LogP contribution is 2.16. The summed E-state index contributed by atoms with van der Waals surface area (Å²) in [6, 6.07) is 8.62. The topological polar surface area (TPSA) is 23.8 Å². The Morgan fingerprint density at radius 1 is 1.29 bits per heavy atom. The van der Waals surface area contributed by atoms with Crippen molar-refractivity contribution in [2.45, 2.75) is 20.3 Å². The van der Waals surface area contributed by atoms with Gasteiger partial charge < -0.3 is 0 Å². The van der Waals surface area contributed by atoms with E-state index in [1.807, 2.05) is 13.8 Å². The van der Waals surface area contributed by atoms with E-state index < -0.39 is 0 Å². The van der Waals surface area contributed by atoms with Crippen molar-refractivity contribution in [2.24, 2.45) is 11.8 Å². The highest BCUT2D eigenvalue weighted by molar-refractivity contribution is 5.17. The van der Waals surface area contributed by atoms with Crippen LogP contribution in [0.1, 0.15) is 19.4 Å². The molecule has 1 rings (SSSR count). The van der Waals surface area contributed by atoms with Gasteiger partial charge in [0, 0.05) is 0 Å². The Bertz CT molecular complexity index is 321. The van der Waals surface area contributed by atoms with Gasteiger partial charge in [-0.25, -0.2) is 4.39 Å². The average Bonchev–Trinajstić information content (AvgIpc) is 2.16. The standard InChI is InChI=1S/C12H14FN/c1-9(2)11(8-14)7-10-3-5-12(13)6-4-10/h3-6,9,11H,7H2,1-2H3. The molecule has 0 bridgehead atoms. The van der Waals surface area contributed by atoms with Crippen LogP contribution in [0.15, 0.2) is 24.3 Å². The lowest BCUT2D eigenvalue weighted by Crippen LogP contribution is -2.09. The van der Waals surface area contributed by atoms with Crippen molar-refractivity contribution >= 4 is 0 Å². The zero-order chi connectivity index (χ0) is 10.6. The summed E-state index contributed by atoms with van der Waals surface area (Å²) in [6.45, 7) is 4.05. The SMILES string of the molecule is CC(C)C(C#N)Cc1ccc(F)cc1. The summed E-state index contributed by atoms with van der Waals surface area (Å²) < 4.78 is 12.6.